The second-order valence-corrected chi connectivity index (χ2v) is 15.6. The van der Waals surface area contributed by atoms with Gasteiger partial charge in [0.25, 0.3) is 5.91 Å². The molecule has 12 nitrogen and oxygen atoms in total. The van der Waals surface area contributed by atoms with Crippen molar-refractivity contribution in [1.82, 2.24) is 19.5 Å². The molecule has 3 aromatic rings. The molecule has 0 spiro atoms. The van der Waals surface area contributed by atoms with Gasteiger partial charge in [0.1, 0.15) is 22.8 Å². The number of hydrogen-bond donors (Lipinski definition) is 2. The predicted molar refractivity (Wildman–Crippen MR) is 194 cm³/mol. The molecule has 0 radical (unpaired) electrons. The summed E-state index contributed by atoms with van der Waals surface area (Å²) in [5.41, 5.74) is 1.64. The summed E-state index contributed by atoms with van der Waals surface area (Å²) < 4.78 is 13.3. The Kier molecular flexibility index (Phi) is 10.6. The Bertz CT molecular complexity index is 1780. The largest absolute Gasteiger partial charge is 0.444 e. The standard InChI is InChI=1S/C38H51N7O5/c1-10-12-32(46)41-27-14-11-13-25(17-27)23-43(35(47)49-37(4,5)6)33-20-31(42-34-30(24(2)3)22-40-45(33)34)39-21-26-18-28-15-16-29(19-26)44(28)36(48)50-38(7,8)9/h11,13-14,17,20,22,24,26,28-29H,15-16,18-19,21,23H2,1-9H3,(H,39,42)(H,41,46). The van der Waals surface area contributed by atoms with Gasteiger partial charge in [0.05, 0.1) is 12.7 Å². The van der Waals surface area contributed by atoms with E-state index >= 15 is 0 Å². The molecule has 1 aromatic carbocycles. The van der Waals surface area contributed by atoms with Crippen LogP contribution in [0, 0.1) is 17.8 Å². The van der Waals surface area contributed by atoms with Gasteiger partial charge >= 0.3 is 12.2 Å². The minimum atomic E-state index is -0.752. The maximum atomic E-state index is 14.0. The molecule has 4 heterocycles. The van der Waals surface area contributed by atoms with Crippen LogP contribution in [0.15, 0.2) is 36.5 Å². The third kappa shape index (κ3) is 8.86. The molecule has 0 saturated carbocycles. The second kappa shape index (κ2) is 14.6. The van der Waals surface area contributed by atoms with Gasteiger partial charge in [-0.2, -0.15) is 9.61 Å². The first-order valence-electron chi connectivity index (χ1n) is 17.5. The highest BCUT2D eigenvalue weighted by molar-refractivity contribution is 6.03. The van der Waals surface area contributed by atoms with Crippen molar-refractivity contribution in [3.8, 4) is 11.8 Å². The highest BCUT2D eigenvalue weighted by atomic mass is 16.6. The fourth-order valence-corrected chi connectivity index (χ4v) is 6.73. The smallest absolute Gasteiger partial charge is 0.416 e. The van der Waals surface area contributed by atoms with Crippen LogP contribution in [0.2, 0.25) is 0 Å². The number of hydrogen-bond acceptors (Lipinski definition) is 8. The van der Waals surface area contributed by atoms with Gasteiger partial charge in [0.15, 0.2) is 5.65 Å². The molecular formula is C38H51N7O5. The number of carbonyl (C=O) groups excluding carboxylic acids is 3. The molecule has 2 aliphatic heterocycles. The molecule has 268 valence electrons. The average molecular weight is 686 g/mol. The highest BCUT2D eigenvalue weighted by Crippen LogP contribution is 2.40. The molecule has 2 N–H and O–H groups in total. The molecule has 2 aliphatic rings. The first-order valence-corrected chi connectivity index (χ1v) is 17.5. The molecule has 5 rings (SSSR count). The van der Waals surface area contributed by atoms with E-state index in [-0.39, 0.29) is 30.6 Å². The summed E-state index contributed by atoms with van der Waals surface area (Å²) in [4.78, 5) is 47.6. The zero-order valence-corrected chi connectivity index (χ0v) is 30.8. The van der Waals surface area contributed by atoms with E-state index in [1.165, 1.54) is 0 Å². The lowest BCUT2D eigenvalue weighted by Crippen LogP contribution is -2.49. The van der Waals surface area contributed by atoms with Crippen molar-refractivity contribution in [2.45, 2.75) is 124 Å². The van der Waals surface area contributed by atoms with Gasteiger partial charge in [-0.15, -0.1) is 0 Å². The lowest BCUT2D eigenvalue weighted by atomic mass is 9.91. The topological polar surface area (TPSA) is 130 Å². The van der Waals surface area contributed by atoms with Crippen LogP contribution in [-0.4, -0.2) is 67.4 Å². The number of fused-ring (bicyclic) bond motifs is 3. The molecule has 2 saturated heterocycles. The van der Waals surface area contributed by atoms with Crippen molar-refractivity contribution < 1.29 is 23.9 Å². The van der Waals surface area contributed by atoms with E-state index in [1.54, 1.807) is 28.6 Å². The van der Waals surface area contributed by atoms with E-state index in [0.717, 1.165) is 36.8 Å². The average Bonchev–Trinajstić information content (AvgIpc) is 3.55. The number of nitrogens with one attached hydrogen (secondary N) is 2. The Morgan fingerprint density at radius 2 is 1.70 bits per heavy atom. The Labute approximate surface area is 295 Å². The fourth-order valence-electron chi connectivity index (χ4n) is 6.73. The molecule has 50 heavy (non-hydrogen) atoms. The van der Waals surface area contributed by atoms with Crippen molar-refractivity contribution in [2.24, 2.45) is 5.92 Å². The summed E-state index contributed by atoms with van der Waals surface area (Å²) in [5.74, 6) is 6.25. The maximum absolute atomic E-state index is 14.0. The number of amides is 3. The summed E-state index contributed by atoms with van der Waals surface area (Å²) in [6.45, 7) is 17.8. The van der Waals surface area contributed by atoms with Crippen LogP contribution in [0.5, 0.6) is 0 Å². The van der Waals surface area contributed by atoms with Gasteiger partial charge in [-0.05, 0) is 110 Å². The molecule has 0 aliphatic carbocycles. The molecule has 2 atom stereocenters. The number of piperidine rings is 1. The van der Waals surface area contributed by atoms with Crippen molar-refractivity contribution in [3.63, 3.8) is 0 Å². The normalized spacial score (nSPS) is 18.8. The molecule has 12 heteroatoms. The molecule has 2 unspecified atom stereocenters. The van der Waals surface area contributed by atoms with Gasteiger partial charge in [0, 0.05) is 35.9 Å². The summed E-state index contributed by atoms with van der Waals surface area (Å²) in [6.07, 6.45) is 4.73. The first kappa shape index (κ1) is 36.5. The van der Waals surface area contributed by atoms with E-state index in [1.807, 2.05) is 70.7 Å². The van der Waals surface area contributed by atoms with E-state index in [2.05, 4.69) is 41.4 Å². The van der Waals surface area contributed by atoms with Crippen LogP contribution in [0.1, 0.15) is 105 Å². The first-order chi connectivity index (χ1) is 23.5. The molecule has 2 bridgehead atoms. The van der Waals surface area contributed by atoms with Crippen molar-refractivity contribution >= 4 is 41.1 Å². The maximum Gasteiger partial charge on any atom is 0.416 e. The fraction of sp³-hybridized carbons (Fsp3) is 0.553. The number of rotatable bonds is 8. The Morgan fingerprint density at radius 1 is 1.02 bits per heavy atom. The summed E-state index contributed by atoms with van der Waals surface area (Å²) >= 11 is 0. The van der Waals surface area contributed by atoms with E-state index in [0.29, 0.717) is 35.4 Å². The predicted octanol–water partition coefficient (Wildman–Crippen LogP) is 7.35. The van der Waals surface area contributed by atoms with Crippen molar-refractivity contribution in [2.75, 3.05) is 22.1 Å². The zero-order valence-electron chi connectivity index (χ0n) is 30.8. The number of anilines is 3. The zero-order chi connectivity index (χ0) is 36.4. The third-order valence-electron chi connectivity index (χ3n) is 8.76. The number of nitrogens with zero attached hydrogens (tertiary/aromatic N) is 5. The van der Waals surface area contributed by atoms with Crippen LogP contribution >= 0.6 is 0 Å². The Hall–Kier alpha value is -4.79. The monoisotopic (exact) mass is 685 g/mol. The Balaban J connectivity index is 1.44. The molecular weight excluding hydrogens is 634 g/mol. The van der Waals surface area contributed by atoms with E-state index < -0.39 is 23.2 Å². The van der Waals surface area contributed by atoms with Crippen molar-refractivity contribution in [1.29, 1.82) is 0 Å². The number of aromatic nitrogens is 3. The van der Waals surface area contributed by atoms with Gasteiger partial charge < -0.3 is 25.0 Å². The Morgan fingerprint density at radius 3 is 2.32 bits per heavy atom. The van der Waals surface area contributed by atoms with Crippen LogP contribution in [0.4, 0.5) is 26.9 Å². The molecule has 2 fully saturated rings. The van der Waals surface area contributed by atoms with Gasteiger partial charge in [-0.1, -0.05) is 31.9 Å². The van der Waals surface area contributed by atoms with Gasteiger partial charge in [-0.25, -0.2) is 14.6 Å². The van der Waals surface area contributed by atoms with Crippen LogP contribution in [-0.2, 0) is 20.8 Å². The van der Waals surface area contributed by atoms with Gasteiger partial charge in [-0.3, -0.25) is 9.69 Å². The van der Waals surface area contributed by atoms with E-state index in [4.69, 9.17) is 14.5 Å². The van der Waals surface area contributed by atoms with Crippen molar-refractivity contribution in [3.05, 3.63) is 47.7 Å². The minimum Gasteiger partial charge on any atom is -0.444 e. The highest BCUT2D eigenvalue weighted by Gasteiger charge is 2.44. The number of ether oxygens (including phenoxy) is 2. The minimum absolute atomic E-state index is 0.136. The van der Waals surface area contributed by atoms with Crippen LogP contribution < -0.4 is 15.5 Å². The summed E-state index contributed by atoms with van der Waals surface area (Å²) in [5, 5.41) is 11.0. The summed E-state index contributed by atoms with van der Waals surface area (Å²) in [6, 6.07) is 9.43. The quantitative estimate of drug-likeness (QED) is 0.236. The number of benzene rings is 1. The second-order valence-electron chi connectivity index (χ2n) is 15.6. The molecule has 2 aromatic heterocycles. The van der Waals surface area contributed by atoms with Crippen LogP contribution in [0.25, 0.3) is 5.65 Å². The third-order valence-corrected chi connectivity index (χ3v) is 8.76. The summed E-state index contributed by atoms with van der Waals surface area (Å²) in [7, 11) is 0. The molecule has 3 amide bonds. The lowest BCUT2D eigenvalue weighted by molar-refractivity contribution is -0.111. The number of carbonyl (C=O) groups is 3. The SMILES string of the molecule is CC#CC(=O)Nc1cccc(CN(C(=O)OC(C)(C)C)c2cc(NCC3CC4CCC(C3)N4C(=O)OC(C)(C)C)nc3c(C(C)C)cnn23)c1. The van der Waals surface area contributed by atoms with Crippen LogP contribution in [0.3, 0.4) is 0 Å². The van der Waals surface area contributed by atoms with E-state index in [9.17, 15) is 14.4 Å². The lowest BCUT2D eigenvalue weighted by Gasteiger charge is -2.39. The van der Waals surface area contributed by atoms with Gasteiger partial charge in [0.2, 0.25) is 0 Å².